The zero-order valence-electron chi connectivity index (χ0n) is 9.85. The second-order valence-electron chi connectivity index (χ2n) is 3.82. The van der Waals surface area contributed by atoms with E-state index in [1.165, 1.54) is 5.56 Å². The van der Waals surface area contributed by atoms with E-state index in [1.807, 2.05) is 25.1 Å². The highest BCUT2D eigenvalue weighted by molar-refractivity contribution is 5.20. The van der Waals surface area contributed by atoms with Crippen molar-refractivity contribution in [2.75, 3.05) is 13.1 Å². The van der Waals surface area contributed by atoms with Gasteiger partial charge in [-0.1, -0.05) is 44.2 Å². The lowest BCUT2D eigenvalue weighted by Crippen LogP contribution is -2.35. The molecule has 0 heterocycles. The molecule has 0 saturated heterocycles. The first-order chi connectivity index (χ1) is 7.20. The van der Waals surface area contributed by atoms with Crippen LogP contribution in [0, 0.1) is 0 Å². The smallest absolute Gasteiger partial charge is 0.0708 e. The van der Waals surface area contributed by atoms with E-state index in [2.05, 4.69) is 30.9 Å². The molecule has 0 fully saturated rings. The fourth-order valence-corrected chi connectivity index (χ4v) is 2.06. The number of benzene rings is 1. The lowest BCUT2D eigenvalue weighted by molar-refractivity contribution is 0.0664. The van der Waals surface area contributed by atoms with Crippen LogP contribution in [0.5, 0.6) is 0 Å². The maximum atomic E-state index is 9.86. The van der Waals surface area contributed by atoms with E-state index in [4.69, 9.17) is 0 Å². The van der Waals surface area contributed by atoms with Crippen LogP contribution < -0.4 is 0 Å². The Hall–Kier alpha value is -0.860. The first-order valence-corrected chi connectivity index (χ1v) is 5.67. The predicted octanol–water partition coefficient (Wildman–Crippen LogP) is 2.45. The number of aliphatic hydroxyl groups excluding tert-OH is 1. The van der Waals surface area contributed by atoms with Crippen LogP contribution >= 0.6 is 0 Å². The van der Waals surface area contributed by atoms with Crippen LogP contribution in [0.15, 0.2) is 30.3 Å². The van der Waals surface area contributed by atoms with Gasteiger partial charge in [0.1, 0.15) is 0 Å². The molecular weight excluding hydrogens is 186 g/mol. The topological polar surface area (TPSA) is 23.5 Å². The normalized spacial score (nSPS) is 15.3. The first-order valence-electron chi connectivity index (χ1n) is 5.67. The Balaban J connectivity index is 2.92. The summed E-state index contributed by atoms with van der Waals surface area (Å²) in [5.74, 6) is 0. The molecule has 0 aliphatic rings. The van der Waals surface area contributed by atoms with Crippen molar-refractivity contribution in [3.63, 3.8) is 0 Å². The summed E-state index contributed by atoms with van der Waals surface area (Å²) in [5.41, 5.74) is 1.19. The molecule has 84 valence electrons. The van der Waals surface area contributed by atoms with Gasteiger partial charge in [0.05, 0.1) is 12.1 Å². The number of hydrogen-bond acceptors (Lipinski definition) is 2. The summed E-state index contributed by atoms with van der Waals surface area (Å²) >= 11 is 0. The minimum Gasteiger partial charge on any atom is -0.391 e. The second-order valence-corrected chi connectivity index (χ2v) is 3.82. The zero-order chi connectivity index (χ0) is 11.3. The van der Waals surface area contributed by atoms with Crippen molar-refractivity contribution in [3.8, 4) is 0 Å². The van der Waals surface area contributed by atoms with Crippen LogP contribution in [0.2, 0.25) is 0 Å². The molecule has 0 spiro atoms. The lowest BCUT2D eigenvalue weighted by atomic mass is 10.0. The molecule has 0 aliphatic heterocycles. The van der Waals surface area contributed by atoms with Crippen LogP contribution in [0.3, 0.4) is 0 Å². The Labute approximate surface area is 92.5 Å². The van der Waals surface area contributed by atoms with Gasteiger partial charge in [-0.05, 0) is 25.6 Å². The Morgan fingerprint density at radius 3 is 2.07 bits per heavy atom. The average molecular weight is 207 g/mol. The van der Waals surface area contributed by atoms with Crippen molar-refractivity contribution in [1.29, 1.82) is 0 Å². The molecule has 15 heavy (non-hydrogen) atoms. The number of aliphatic hydroxyl groups is 1. The maximum Gasteiger partial charge on any atom is 0.0708 e. The number of nitrogens with zero attached hydrogens (tertiary/aromatic N) is 1. The van der Waals surface area contributed by atoms with Gasteiger partial charge in [-0.15, -0.1) is 0 Å². The molecule has 0 radical (unpaired) electrons. The van der Waals surface area contributed by atoms with Crippen LogP contribution in [-0.4, -0.2) is 29.2 Å². The minimum atomic E-state index is -0.340. The molecule has 1 aromatic carbocycles. The molecule has 1 N–H and O–H groups in total. The molecular formula is C13H21NO. The zero-order valence-corrected chi connectivity index (χ0v) is 9.85. The fourth-order valence-electron chi connectivity index (χ4n) is 2.06. The van der Waals surface area contributed by atoms with Crippen molar-refractivity contribution in [3.05, 3.63) is 35.9 Å². The third-order valence-electron chi connectivity index (χ3n) is 2.80. The van der Waals surface area contributed by atoms with Crippen molar-refractivity contribution < 1.29 is 5.11 Å². The highest BCUT2D eigenvalue weighted by atomic mass is 16.3. The van der Waals surface area contributed by atoms with E-state index in [0.717, 1.165) is 13.1 Å². The van der Waals surface area contributed by atoms with Crippen molar-refractivity contribution in [2.24, 2.45) is 0 Å². The van der Waals surface area contributed by atoms with Crippen molar-refractivity contribution >= 4 is 0 Å². The fraction of sp³-hybridized carbons (Fsp3) is 0.538. The minimum absolute atomic E-state index is 0.112. The van der Waals surface area contributed by atoms with Gasteiger partial charge >= 0.3 is 0 Å². The summed E-state index contributed by atoms with van der Waals surface area (Å²) in [7, 11) is 0. The maximum absolute atomic E-state index is 9.86. The van der Waals surface area contributed by atoms with Gasteiger partial charge in [0.2, 0.25) is 0 Å². The van der Waals surface area contributed by atoms with Gasteiger partial charge in [0, 0.05) is 0 Å². The Morgan fingerprint density at radius 2 is 1.67 bits per heavy atom. The molecule has 2 heteroatoms. The molecule has 0 aromatic heterocycles. The van der Waals surface area contributed by atoms with E-state index in [9.17, 15) is 5.11 Å². The quantitative estimate of drug-likeness (QED) is 0.801. The first kappa shape index (κ1) is 12.2. The van der Waals surface area contributed by atoms with Gasteiger partial charge < -0.3 is 5.11 Å². The number of hydrogen-bond donors (Lipinski definition) is 1. The Bertz CT molecular complexity index is 267. The number of likely N-dealkylation sites (N-methyl/N-ethyl adjacent to an activating group) is 1. The molecule has 1 rings (SSSR count). The highest BCUT2D eigenvalue weighted by Crippen LogP contribution is 2.23. The van der Waals surface area contributed by atoms with Crippen LogP contribution in [0.1, 0.15) is 32.4 Å². The molecule has 2 nitrogen and oxygen atoms in total. The van der Waals surface area contributed by atoms with Gasteiger partial charge in [-0.25, -0.2) is 0 Å². The largest absolute Gasteiger partial charge is 0.391 e. The van der Waals surface area contributed by atoms with E-state index in [-0.39, 0.29) is 12.1 Å². The van der Waals surface area contributed by atoms with Crippen LogP contribution in [0.4, 0.5) is 0 Å². The van der Waals surface area contributed by atoms with Gasteiger partial charge in [-0.2, -0.15) is 0 Å². The van der Waals surface area contributed by atoms with Gasteiger partial charge in [-0.3, -0.25) is 4.90 Å². The Morgan fingerprint density at radius 1 is 1.13 bits per heavy atom. The second kappa shape index (κ2) is 5.89. The summed E-state index contributed by atoms with van der Waals surface area (Å²) < 4.78 is 0. The average Bonchev–Trinajstić information content (AvgIpc) is 2.26. The van der Waals surface area contributed by atoms with Gasteiger partial charge in [0.25, 0.3) is 0 Å². The summed E-state index contributed by atoms with van der Waals surface area (Å²) in [6, 6.07) is 10.3. The summed E-state index contributed by atoms with van der Waals surface area (Å²) in [6.07, 6.45) is -0.340. The molecule has 2 atom stereocenters. The van der Waals surface area contributed by atoms with E-state index >= 15 is 0 Å². The SMILES string of the molecule is CCN(CC)C(c1ccccc1)C(C)O. The van der Waals surface area contributed by atoms with Crippen LogP contribution in [-0.2, 0) is 0 Å². The predicted molar refractivity (Wildman–Crippen MR) is 63.8 cm³/mol. The highest BCUT2D eigenvalue weighted by Gasteiger charge is 2.22. The molecule has 0 amide bonds. The third-order valence-corrected chi connectivity index (χ3v) is 2.80. The van der Waals surface area contributed by atoms with E-state index in [0.29, 0.717) is 0 Å². The lowest BCUT2D eigenvalue weighted by Gasteiger charge is -2.32. The molecule has 0 saturated carbocycles. The number of rotatable bonds is 5. The molecule has 0 bridgehead atoms. The monoisotopic (exact) mass is 207 g/mol. The molecule has 0 aliphatic carbocycles. The standard InChI is InChI=1S/C13H21NO/c1-4-14(5-2)13(11(3)15)12-9-7-6-8-10-12/h6-11,13,15H,4-5H2,1-3H3. The van der Waals surface area contributed by atoms with Crippen molar-refractivity contribution in [2.45, 2.75) is 32.9 Å². The summed E-state index contributed by atoms with van der Waals surface area (Å²) in [4.78, 5) is 2.28. The van der Waals surface area contributed by atoms with Crippen molar-refractivity contribution in [1.82, 2.24) is 4.90 Å². The van der Waals surface area contributed by atoms with Gasteiger partial charge in [0.15, 0.2) is 0 Å². The van der Waals surface area contributed by atoms with E-state index in [1.54, 1.807) is 0 Å². The third kappa shape index (κ3) is 3.05. The van der Waals surface area contributed by atoms with E-state index < -0.39 is 0 Å². The summed E-state index contributed by atoms with van der Waals surface area (Å²) in [5, 5.41) is 9.86. The Kier molecular flexibility index (Phi) is 4.79. The molecule has 2 unspecified atom stereocenters. The van der Waals surface area contributed by atoms with Crippen LogP contribution in [0.25, 0.3) is 0 Å². The molecule has 1 aromatic rings. The summed E-state index contributed by atoms with van der Waals surface area (Å²) in [6.45, 7) is 8.03.